The van der Waals surface area contributed by atoms with E-state index in [9.17, 15) is 4.79 Å². The van der Waals surface area contributed by atoms with Crippen molar-refractivity contribution in [2.24, 2.45) is 5.92 Å². The fourth-order valence-electron chi connectivity index (χ4n) is 2.91. The predicted molar refractivity (Wildman–Crippen MR) is 89.2 cm³/mol. The van der Waals surface area contributed by atoms with Gasteiger partial charge in [0.05, 0.1) is 13.2 Å². The Balaban J connectivity index is 1.99. The average molecular weight is 310 g/mol. The number of amides is 1. The van der Waals surface area contributed by atoms with Gasteiger partial charge in [-0.05, 0) is 49.1 Å². The van der Waals surface area contributed by atoms with Crippen molar-refractivity contribution in [2.45, 2.75) is 25.8 Å². The first-order chi connectivity index (χ1) is 11.2. The van der Waals surface area contributed by atoms with Gasteiger partial charge in [0.2, 0.25) is 5.91 Å². The number of benzene rings is 1. The largest absolute Gasteiger partial charge is 0.497 e. The van der Waals surface area contributed by atoms with Crippen molar-refractivity contribution in [1.29, 1.82) is 0 Å². The Morgan fingerprint density at radius 2 is 2.00 bits per heavy atom. The second-order valence-electron chi connectivity index (χ2n) is 5.86. The number of hydrogen-bond acceptors (Lipinski definition) is 3. The Hall–Kier alpha value is -2.36. The zero-order chi connectivity index (χ0) is 16.2. The van der Waals surface area contributed by atoms with Gasteiger partial charge < -0.3 is 9.64 Å². The van der Waals surface area contributed by atoms with Gasteiger partial charge in [-0.25, -0.2) is 0 Å². The van der Waals surface area contributed by atoms with Gasteiger partial charge >= 0.3 is 0 Å². The van der Waals surface area contributed by atoms with Crippen LogP contribution in [0.2, 0.25) is 0 Å². The first-order valence-electron chi connectivity index (χ1n) is 8.09. The molecule has 1 aliphatic carbocycles. The van der Waals surface area contributed by atoms with Gasteiger partial charge in [0.1, 0.15) is 5.75 Å². The lowest BCUT2D eigenvalue weighted by Gasteiger charge is -2.32. The molecule has 1 amide bonds. The second-order valence-corrected chi connectivity index (χ2v) is 5.86. The molecular formula is C19H22N2O2. The number of ether oxygens (including phenoxy) is 1. The Morgan fingerprint density at radius 3 is 2.52 bits per heavy atom. The van der Waals surface area contributed by atoms with E-state index >= 15 is 0 Å². The van der Waals surface area contributed by atoms with Crippen molar-refractivity contribution in [3.63, 3.8) is 0 Å². The van der Waals surface area contributed by atoms with Crippen molar-refractivity contribution < 1.29 is 9.53 Å². The number of rotatable bonds is 6. The molecule has 4 nitrogen and oxygen atoms in total. The molecule has 0 spiro atoms. The normalized spacial score (nSPS) is 15.0. The van der Waals surface area contributed by atoms with Crippen LogP contribution in [0.4, 0.5) is 0 Å². The maximum Gasteiger partial charge on any atom is 0.226 e. The summed E-state index contributed by atoms with van der Waals surface area (Å²) in [6.07, 6.45) is 5.63. The Bertz CT molecular complexity index is 651. The molecule has 0 N–H and O–H groups in total. The summed E-state index contributed by atoms with van der Waals surface area (Å²) in [6.45, 7) is 2.72. The topological polar surface area (TPSA) is 42.4 Å². The lowest BCUT2D eigenvalue weighted by atomic mass is 9.97. The number of nitrogens with zero attached hydrogens (tertiary/aromatic N) is 2. The predicted octanol–water partition coefficient (Wildman–Crippen LogP) is 3.44. The summed E-state index contributed by atoms with van der Waals surface area (Å²) in [4.78, 5) is 18.9. The monoisotopic (exact) mass is 310 g/mol. The number of hydrogen-bond donors (Lipinski definition) is 0. The third kappa shape index (κ3) is 3.36. The van der Waals surface area contributed by atoms with Gasteiger partial charge in [-0.1, -0.05) is 18.2 Å². The third-order valence-corrected chi connectivity index (χ3v) is 4.29. The number of pyridine rings is 1. The summed E-state index contributed by atoms with van der Waals surface area (Å²) in [6, 6.07) is 11.8. The maximum absolute atomic E-state index is 12.7. The highest BCUT2D eigenvalue weighted by Crippen LogP contribution is 2.36. The van der Waals surface area contributed by atoms with Gasteiger partial charge in [-0.15, -0.1) is 0 Å². The zero-order valence-electron chi connectivity index (χ0n) is 13.6. The average Bonchev–Trinajstić information content (AvgIpc) is 3.45. The minimum atomic E-state index is -0.104. The molecule has 2 aromatic rings. The van der Waals surface area contributed by atoms with Crippen molar-refractivity contribution in [2.75, 3.05) is 13.7 Å². The number of methoxy groups -OCH3 is 1. The Kier molecular flexibility index (Phi) is 4.60. The first kappa shape index (κ1) is 15.5. The molecule has 1 atom stereocenters. The molecule has 23 heavy (non-hydrogen) atoms. The fourth-order valence-corrected chi connectivity index (χ4v) is 2.91. The Labute approximate surface area is 137 Å². The summed E-state index contributed by atoms with van der Waals surface area (Å²) >= 11 is 0. The summed E-state index contributed by atoms with van der Waals surface area (Å²) in [5.41, 5.74) is 2.11. The molecule has 1 aromatic heterocycles. The van der Waals surface area contributed by atoms with E-state index in [1.165, 1.54) is 0 Å². The van der Waals surface area contributed by atoms with E-state index in [1.54, 1.807) is 13.3 Å². The van der Waals surface area contributed by atoms with E-state index in [0.717, 1.165) is 29.7 Å². The van der Waals surface area contributed by atoms with Crippen LogP contribution in [0.3, 0.4) is 0 Å². The first-order valence-corrected chi connectivity index (χ1v) is 8.09. The standard InChI is InChI=1S/C19H22N2O2/c1-3-21(19(22)15-6-7-15)18(16-5-4-12-20-13-16)14-8-10-17(23-2)11-9-14/h4-5,8-13,15,18H,3,6-7H2,1-2H3/t18-/m0/s1. The summed E-state index contributed by atoms with van der Waals surface area (Å²) < 4.78 is 5.24. The lowest BCUT2D eigenvalue weighted by Crippen LogP contribution is -2.36. The lowest BCUT2D eigenvalue weighted by molar-refractivity contribution is -0.134. The second kappa shape index (κ2) is 6.82. The van der Waals surface area contributed by atoms with E-state index in [-0.39, 0.29) is 17.9 Å². The minimum absolute atomic E-state index is 0.104. The SMILES string of the molecule is CCN(C(=O)C1CC1)[C@@H](c1ccc(OC)cc1)c1cccnc1. The van der Waals surface area contributed by atoms with Crippen molar-refractivity contribution in [3.05, 3.63) is 59.9 Å². The molecule has 1 fully saturated rings. The molecule has 0 radical (unpaired) electrons. The van der Waals surface area contributed by atoms with Crippen molar-refractivity contribution in [1.82, 2.24) is 9.88 Å². The summed E-state index contributed by atoms with van der Waals surface area (Å²) in [5, 5.41) is 0. The van der Waals surface area contributed by atoms with Crippen LogP contribution in [0.1, 0.15) is 36.9 Å². The highest BCUT2D eigenvalue weighted by Gasteiger charge is 2.36. The molecule has 1 aliphatic rings. The minimum Gasteiger partial charge on any atom is -0.497 e. The number of aromatic nitrogens is 1. The molecule has 0 saturated heterocycles. The van der Waals surface area contributed by atoms with Crippen LogP contribution in [0, 0.1) is 5.92 Å². The molecule has 1 aromatic carbocycles. The highest BCUT2D eigenvalue weighted by molar-refractivity contribution is 5.82. The van der Waals surface area contributed by atoms with Crippen LogP contribution in [0.25, 0.3) is 0 Å². The van der Waals surface area contributed by atoms with Gasteiger partial charge in [-0.2, -0.15) is 0 Å². The van der Waals surface area contributed by atoms with Crippen LogP contribution in [0.5, 0.6) is 5.75 Å². The smallest absolute Gasteiger partial charge is 0.226 e. The zero-order valence-corrected chi connectivity index (χ0v) is 13.6. The molecule has 0 unspecified atom stereocenters. The van der Waals surface area contributed by atoms with Gasteiger partial charge in [0, 0.05) is 24.9 Å². The van der Waals surface area contributed by atoms with Crippen LogP contribution < -0.4 is 4.74 Å². The van der Waals surface area contributed by atoms with Crippen LogP contribution in [0.15, 0.2) is 48.8 Å². The molecule has 3 rings (SSSR count). The van der Waals surface area contributed by atoms with Gasteiger partial charge in [-0.3, -0.25) is 9.78 Å². The van der Waals surface area contributed by atoms with E-state index < -0.39 is 0 Å². The van der Waals surface area contributed by atoms with E-state index in [0.29, 0.717) is 6.54 Å². The van der Waals surface area contributed by atoms with E-state index in [4.69, 9.17) is 4.74 Å². The van der Waals surface area contributed by atoms with E-state index in [1.807, 2.05) is 54.4 Å². The van der Waals surface area contributed by atoms with Gasteiger partial charge in [0.25, 0.3) is 0 Å². The number of carbonyl (C=O) groups excluding carboxylic acids is 1. The third-order valence-electron chi connectivity index (χ3n) is 4.29. The summed E-state index contributed by atoms with van der Waals surface area (Å²) in [7, 11) is 1.66. The van der Waals surface area contributed by atoms with Crippen molar-refractivity contribution >= 4 is 5.91 Å². The van der Waals surface area contributed by atoms with Gasteiger partial charge in [0.15, 0.2) is 0 Å². The molecule has 1 saturated carbocycles. The van der Waals surface area contributed by atoms with E-state index in [2.05, 4.69) is 4.98 Å². The number of carbonyl (C=O) groups is 1. The maximum atomic E-state index is 12.7. The van der Waals surface area contributed by atoms with Crippen LogP contribution in [-0.2, 0) is 4.79 Å². The molecule has 120 valence electrons. The van der Waals surface area contributed by atoms with Crippen LogP contribution >= 0.6 is 0 Å². The highest BCUT2D eigenvalue weighted by atomic mass is 16.5. The molecule has 0 bridgehead atoms. The van der Waals surface area contributed by atoms with Crippen LogP contribution in [-0.4, -0.2) is 29.4 Å². The molecular weight excluding hydrogens is 288 g/mol. The van der Waals surface area contributed by atoms with Crippen molar-refractivity contribution in [3.8, 4) is 5.75 Å². The Morgan fingerprint density at radius 1 is 1.26 bits per heavy atom. The molecule has 1 heterocycles. The molecule has 4 heteroatoms. The summed E-state index contributed by atoms with van der Waals surface area (Å²) in [5.74, 6) is 1.26. The molecule has 0 aliphatic heterocycles. The fraction of sp³-hybridized carbons (Fsp3) is 0.368. The quantitative estimate of drug-likeness (QED) is 0.821.